The quantitative estimate of drug-likeness (QED) is 0.351. The van der Waals surface area contributed by atoms with Gasteiger partial charge in [-0.25, -0.2) is 9.67 Å². The first-order valence-corrected chi connectivity index (χ1v) is 9.24. The number of amides is 2. The van der Waals surface area contributed by atoms with Crippen molar-refractivity contribution in [2.45, 2.75) is 6.54 Å². The van der Waals surface area contributed by atoms with Crippen LogP contribution in [0, 0.1) is 0 Å². The minimum Gasteiger partial charge on any atom is -0.343 e. The highest BCUT2D eigenvalue weighted by Crippen LogP contribution is 2.16. The number of benzene rings is 2. The second kappa shape index (κ2) is 8.45. The molecule has 0 fully saturated rings. The number of anilines is 1. The number of aromatic amines is 2. The maximum atomic E-state index is 12.3. The van der Waals surface area contributed by atoms with E-state index in [1.165, 1.54) is 18.5 Å². The fourth-order valence-electron chi connectivity index (χ4n) is 3.05. The number of nitrogens with zero attached hydrogens (tertiary/aromatic N) is 3. The molecular formula is C20H17N7O4. The third-order valence-corrected chi connectivity index (χ3v) is 4.54. The summed E-state index contributed by atoms with van der Waals surface area (Å²) in [5.41, 5.74) is 0.493. The SMILES string of the molecule is O=C(CNC(=O)c1ccc(Cn2cncn2)cc1)Nc1cccc2c(=O)[nH][nH]c(=O)c12. The van der Waals surface area contributed by atoms with Gasteiger partial charge in [0, 0.05) is 5.56 Å². The van der Waals surface area contributed by atoms with Crippen molar-refractivity contribution >= 4 is 28.3 Å². The Bertz CT molecular complexity index is 1360. The molecule has 0 radical (unpaired) electrons. The Hall–Kier alpha value is -4.54. The van der Waals surface area contributed by atoms with E-state index in [9.17, 15) is 19.2 Å². The number of aromatic nitrogens is 5. The van der Waals surface area contributed by atoms with Crippen LogP contribution in [0.3, 0.4) is 0 Å². The van der Waals surface area contributed by atoms with E-state index in [1.807, 2.05) is 0 Å². The van der Waals surface area contributed by atoms with Gasteiger partial charge in [-0.15, -0.1) is 0 Å². The van der Waals surface area contributed by atoms with Crippen molar-refractivity contribution in [3.8, 4) is 0 Å². The lowest BCUT2D eigenvalue weighted by Crippen LogP contribution is -2.33. The Balaban J connectivity index is 1.38. The summed E-state index contributed by atoms with van der Waals surface area (Å²) < 4.78 is 1.66. The molecule has 0 bridgehead atoms. The summed E-state index contributed by atoms with van der Waals surface area (Å²) in [5, 5.41) is 13.8. The molecule has 2 amide bonds. The van der Waals surface area contributed by atoms with Crippen molar-refractivity contribution in [2.75, 3.05) is 11.9 Å². The predicted octanol–water partition coefficient (Wildman–Crippen LogP) is 0.225. The fourth-order valence-corrected chi connectivity index (χ4v) is 3.05. The van der Waals surface area contributed by atoms with Gasteiger partial charge in [-0.2, -0.15) is 5.10 Å². The topological polar surface area (TPSA) is 155 Å². The minimum atomic E-state index is -0.541. The number of carbonyl (C=O) groups is 2. The van der Waals surface area contributed by atoms with Crippen molar-refractivity contribution in [3.63, 3.8) is 0 Å². The number of rotatable bonds is 6. The second-order valence-electron chi connectivity index (χ2n) is 6.66. The molecule has 0 spiro atoms. The summed E-state index contributed by atoms with van der Waals surface area (Å²) in [4.78, 5) is 52.4. The third-order valence-electron chi connectivity index (χ3n) is 4.54. The molecule has 0 atom stereocenters. The van der Waals surface area contributed by atoms with Crippen molar-refractivity contribution < 1.29 is 9.59 Å². The molecule has 2 aromatic carbocycles. The van der Waals surface area contributed by atoms with E-state index in [-0.39, 0.29) is 23.0 Å². The van der Waals surface area contributed by atoms with Crippen molar-refractivity contribution in [2.24, 2.45) is 0 Å². The first kappa shape index (κ1) is 19.8. The molecule has 0 aliphatic carbocycles. The normalized spacial score (nSPS) is 10.7. The Morgan fingerprint density at radius 1 is 1.00 bits per heavy atom. The van der Waals surface area contributed by atoms with E-state index in [1.54, 1.807) is 41.3 Å². The number of nitrogens with one attached hydrogen (secondary N) is 4. The first-order chi connectivity index (χ1) is 15.0. The van der Waals surface area contributed by atoms with Crippen LogP contribution in [0.4, 0.5) is 5.69 Å². The highest BCUT2D eigenvalue weighted by Gasteiger charge is 2.12. The zero-order chi connectivity index (χ0) is 21.8. The van der Waals surface area contributed by atoms with Gasteiger partial charge in [0.1, 0.15) is 12.7 Å². The van der Waals surface area contributed by atoms with Gasteiger partial charge in [-0.05, 0) is 29.8 Å². The molecule has 11 heteroatoms. The second-order valence-corrected chi connectivity index (χ2v) is 6.66. The van der Waals surface area contributed by atoms with Gasteiger partial charge in [-0.3, -0.25) is 29.4 Å². The maximum Gasteiger partial charge on any atom is 0.272 e. The number of carbonyl (C=O) groups excluding carboxylic acids is 2. The molecule has 31 heavy (non-hydrogen) atoms. The predicted molar refractivity (Wildman–Crippen MR) is 112 cm³/mol. The lowest BCUT2D eigenvalue weighted by molar-refractivity contribution is -0.115. The van der Waals surface area contributed by atoms with E-state index >= 15 is 0 Å². The Morgan fingerprint density at radius 3 is 2.52 bits per heavy atom. The summed E-state index contributed by atoms with van der Waals surface area (Å²) in [7, 11) is 0. The number of H-pyrrole nitrogens is 2. The largest absolute Gasteiger partial charge is 0.343 e. The average Bonchev–Trinajstić information content (AvgIpc) is 3.28. The summed E-state index contributed by atoms with van der Waals surface area (Å²) in [5.74, 6) is -0.960. The summed E-state index contributed by atoms with van der Waals surface area (Å²) in [6.07, 6.45) is 3.04. The maximum absolute atomic E-state index is 12.3. The van der Waals surface area contributed by atoms with Crippen molar-refractivity contribution in [3.05, 3.63) is 87.0 Å². The average molecular weight is 419 g/mol. The van der Waals surface area contributed by atoms with E-state index in [0.717, 1.165) is 5.56 Å². The van der Waals surface area contributed by atoms with Crippen LogP contribution in [0.1, 0.15) is 15.9 Å². The molecule has 0 aliphatic rings. The lowest BCUT2D eigenvalue weighted by Gasteiger charge is -2.09. The van der Waals surface area contributed by atoms with Crippen LogP contribution in [0.5, 0.6) is 0 Å². The molecule has 0 unspecified atom stereocenters. The van der Waals surface area contributed by atoms with Gasteiger partial charge in [0.05, 0.1) is 29.5 Å². The zero-order valence-electron chi connectivity index (χ0n) is 16.1. The van der Waals surface area contributed by atoms with Gasteiger partial charge in [-0.1, -0.05) is 18.2 Å². The lowest BCUT2D eigenvalue weighted by atomic mass is 10.1. The van der Waals surface area contributed by atoms with Crippen LogP contribution in [-0.4, -0.2) is 43.3 Å². The molecule has 2 heterocycles. The van der Waals surface area contributed by atoms with Crippen LogP contribution in [-0.2, 0) is 11.3 Å². The van der Waals surface area contributed by atoms with Crippen LogP contribution in [0.15, 0.2) is 64.7 Å². The number of hydrogen-bond acceptors (Lipinski definition) is 6. The van der Waals surface area contributed by atoms with Crippen molar-refractivity contribution in [1.82, 2.24) is 30.3 Å². The fraction of sp³-hybridized carbons (Fsp3) is 0.100. The number of hydrogen-bond donors (Lipinski definition) is 4. The molecule has 0 saturated carbocycles. The van der Waals surface area contributed by atoms with E-state index < -0.39 is 22.9 Å². The molecule has 0 saturated heterocycles. The first-order valence-electron chi connectivity index (χ1n) is 9.24. The third kappa shape index (κ3) is 4.40. The smallest absolute Gasteiger partial charge is 0.272 e. The molecule has 2 aromatic heterocycles. The van der Waals surface area contributed by atoms with Gasteiger partial charge in [0.15, 0.2) is 0 Å². The molecule has 156 valence electrons. The van der Waals surface area contributed by atoms with Crippen molar-refractivity contribution in [1.29, 1.82) is 0 Å². The zero-order valence-corrected chi connectivity index (χ0v) is 16.1. The van der Waals surface area contributed by atoms with Crippen LogP contribution in [0.2, 0.25) is 0 Å². The highest BCUT2D eigenvalue weighted by atomic mass is 16.2. The Kier molecular flexibility index (Phi) is 5.39. The van der Waals surface area contributed by atoms with E-state index in [2.05, 4.69) is 30.9 Å². The number of fused-ring (bicyclic) bond motifs is 1. The molecular weight excluding hydrogens is 402 g/mol. The molecule has 11 nitrogen and oxygen atoms in total. The Labute approximate surface area is 174 Å². The summed E-state index contributed by atoms with van der Waals surface area (Å²) in [6.45, 7) is 0.217. The molecule has 4 N–H and O–H groups in total. The van der Waals surface area contributed by atoms with Gasteiger partial charge < -0.3 is 10.6 Å². The van der Waals surface area contributed by atoms with E-state index in [0.29, 0.717) is 12.1 Å². The van der Waals surface area contributed by atoms with E-state index in [4.69, 9.17) is 0 Å². The molecule has 4 aromatic rings. The molecule has 0 aliphatic heterocycles. The van der Waals surface area contributed by atoms with Gasteiger partial charge >= 0.3 is 0 Å². The highest BCUT2D eigenvalue weighted by molar-refractivity contribution is 6.04. The summed E-state index contributed by atoms with van der Waals surface area (Å²) >= 11 is 0. The standard InChI is InChI=1S/C20H17N7O4/c28-16(24-15-3-1-2-14-17(15)20(31)26-25-19(14)30)8-22-18(29)13-6-4-12(5-7-13)9-27-11-21-10-23-27/h1-7,10-11H,8-9H2,(H,22,29)(H,24,28)(H,25,30)(H,26,31). The van der Waals surface area contributed by atoms with Crippen LogP contribution < -0.4 is 21.8 Å². The monoisotopic (exact) mass is 419 g/mol. The van der Waals surface area contributed by atoms with Gasteiger partial charge in [0.2, 0.25) is 5.91 Å². The minimum absolute atomic E-state index is 0.0638. The van der Waals surface area contributed by atoms with Gasteiger partial charge in [0.25, 0.3) is 17.0 Å². The van der Waals surface area contributed by atoms with Crippen LogP contribution in [0.25, 0.3) is 10.8 Å². The summed E-state index contributed by atoms with van der Waals surface area (Å²) in [6, 6.07) is 11.4. The van der Waals surface area contributed by atoms with Crippen LogP contribution >= 0.6 is 0 Å². The Morgan fingerprint density at radius 2 is 1.77 bits per heavy atom. The molecule has 4 rings (SSSR count).